The van der Waals surface area contributed by atoms with Crippen molar-refractivity contribution >= 4 is 5.78 Å². The number of Topliss-reactive ketones (excluding diaryl/α,β-unsaturated/α-hetero) is 1. The molecule has 3 heteroatoms. The van der Waals surface area contributed by atoms with E-state index in [-0.39, 0.29) is 11.9 Å². The zero-order chi connectivity index (χ0) is 15.8. The minimum Gasteiger partial charge on any atom is -0.393 e. The average molecular weight is 303 g/mol. The van der Waals surface area contributed by atoms with Gasteiger partial charge in [0.05, 0.1) is 6.10 Å². The number of aliphatic hydroxyl groups excluding tert-OH is 1. The van der Waals surface area contributed by atoms with E-state index in [9.17, 15) is 9.90 Å². The number of aliphatic hydroxyl groups is 1. The van der Waals surface area contributed by atoms with E-state index >= 15 is 0 Å². The van der Waals surface area contributed by atoms with Crippen LogP contribution in [-0.4, -0.2) is 41.0 Å². The summed E-state index contributed by atoms with van der Waals surface area (Å²) in [5.74, 6) is 0.244. The van der Waals surface area contributed by atoms with Crippen LogP contribution in [0.4, 0.5) is 0 Å². The Hall–Kier alpha value is -1.19. The second-order valence-corrected chi connectivity index (χ2v) is 6.52. The summed E-state index contributed by atoms with van der Waals surface area (Å²) >= 11 is 0. The van der Waals surface area contributed by atoms with Gasteiger partial charge in [0.15, 0.2) is 5.78 Å². The molecule has 1 aliphatic heterocycles. The Bertz CT molecular complexity index is 438. The number of benzene rings is 1. The number of ketones is 1. The molecule has 0 bridgehead atoms. The highest BCUT2D eigenvalue weighted by atomic mass is 16.3. The Labute approximate surface area is 134 Å². The Balaban J connectivity index is 1.95. The molecule has 1 N–H and O–H groups in total. The fourth-order valence-electron chi connectivity index (χ4n) is 3.30. The van der Waals surface area contributed by atoms with Gasteiger partial charge in [0.2, 0.25) is 0 Å². The van der Waals surface area contributed by atoms with Crippen LogP contribution in [0.25, 0.3) is 0 Å². The first-order chi connectivity index (χ1) is 10.7. The lowest BCUT2D eigenvalue weighted by atomic mass is 9.96. The maximum absolute atomic E-state index is 12.5. The predicted molar refractivity (Wildman–Crippen MR) is 90.1 cm³/mol. The van der Waals surface area contributed by atoms with Crippen molar-refractivity contribution in [3.05, 3.63) is 35.9 Å². The summed E-state index contributed by atoms with van der Waals surface area (Å²) in [5.41, 5.74) is 0.819. The van der Waals surface area contributed by atoms with Crippen molar-refractivity contribution in [1.29, 1.82) is 0 Å². The maximum Gasteiger partial charge on any atom is 0.164 e. The zero-order valence-electron chi connectivity index (χ0n) is 13.7. The molecule has 1 aromatic carbocycles. The van der Waals surface area contributed by atoms with Crippen molar-refractivity contribution < 1.29 is 9.90 Å². The smallest absolute Gasteiger partial charge is 0.164 e. The molecule has 22 heavy (non-hydrogen) atoms. The van der Waals surface area contributed by atoms with Gasteiger partial charge in [0.1, 0.15) is 0 Å². The Kier molecular flexibility index (Phi) is 7.07. The third-order valence-electron chi connectivity index (χ3n) is 4.58. The maximum atomic E-state index is 12.5. The van der Waals surface area contributed by atoms with Crippen LogP contribution in [0.15, 0.2) is 30.3 Å². The van der Waals surface area contributed by atoms with E-state index in [1.165, 1.54) is 19.3 Å². The molecule has 1 aromatic rings. The summed E-state index contributed by atoms with van der Waals surface area (Å²) in [4.78, 5) is 15.0. The summed E-state index contributed by atoms with van der Waals surface area (Å²) in [6.07, 6.45) is 6.97. The second kappa shape index (κ2) is 9.06. The molecule has 0 radical (unpaired) electrons. The van der Waals surface area contributed by atoms with E-state index in [1.807, 2.05) is 37.3 Å². The third kappa shape index (κ3) is 5.54. The molecule has 2 atom stereocenters. The molecule has 0 aromatic heterocycles. The highest BCUT2D eigenvalue weighted by molar-refractivity contribution is 5.96. The molecule has 1 aliphatic rings. The third-order valence-corrected chi connectivity index (χ3v) is 4.58. The van der Waals surface area contributed by atoms with Crippen molar-refractivity contribution in [2.24, 2.45) is 0 Å². The van der Waals surface area contributed by atoms with E-state index in [0.29, 0.717) is 12.5 Å². The molecular formula is C19H29NO2. The van der Waals surface area contributed by atoms with Crippen LogP contribution in [0.3, 0.4) is 0 Å². The van der Waals surface area contributed by atoms with Gasteiger partial charge in [0, 0.05) is 18.0 Å². The van der Waals surface area contributed by atoms with Crippen LogP contribution in [0.5, 0.6) is 0 Å². The minimum atomic E-state index is -0.244. The fraction of sp³-hybridized carbons (Fsp3) is 0.632. The molecule has 0 aliphatic carbocycles. The molecule has 122 valence electrons. The predicted octanol–water partition coefficient (Wildman–Crippen LogP) is 3.67. The Morgan fingerprint density at radius 3 is 2.45 bits per heavy atom. The topological polar surface area (TPSA) is 40.5 Å². The van der Waals surface area contributed by atoms with Gasteiger partial charge in [-0.2, -0.15) is 0 Å². The molecule has 3 nitrogen and oxygen atoms in total. The number of likely N-dealkylation sites (tertiary alicyclic amines) is 1. The van der Waals surface area contributed by atoms with Gasteiger partial charge >= 0.3 is 0 Å². The summed E-state index contributed by atoms with van der Waals surface area (Å²) in [6, 6.07) is 9.94. The van der Waals surface area contributed by atoms with Gasteiger partial charge in [-0.05, 0) is 52.1 Å². The minimum absolute atomic E-state index is 0.244. The van der Waals surface area contributed by atoms with Gasteiger partial charge < -0.3 is 5.11 Å². The van der Waals surface area contributed by atoms with Crippen LogP contribution in [0.2, 0.25) is 0 Å². The average Bonchev–Trinajstić information content (AvgIpc) is 2.55. The molecule has 0 amide bonds. The molecule has 1 fully saturated rings. The molecule has 0 spiro atoms. The number of piperidine rings is 1. The number of carbonyl (C=O) groups excluding carboxylic acids is 1. The molecule has 1 heterocycles. The fourth-order valence-corrected chi connectivity index (χ4v) is 3.30. The molecule has 0 saturated carbocycles. The number of hydrogen-bond donors (Lipinski definition) is 1. The highest BCUT2D eigenvalue weighted by Crippen LogP contribution is 2.21. The number of hydrogen-bond acceptors (Lipinski definition) is 3. The van der Waals surface area contributed by atoms with Crippen LogP contribution < -0.4 is 0 Å². The lowest BCUT2D eigenvalue weighted by molar-refractivity contribution is 0.0876. The Morgan fingerprint density at radius 2 is 1.82 bits per heavy atom. The van der Waals surface area contributed by atoms with E-state index in [1.54, 1.807) is 0 Å². The number of carbonyl (C=O) groups is 1. The van der Waals surface area contributed by atoms with Crippen molar-refractivity contribution in [2.75, 3.05) is 13.1 Å². The number of rotatable bonds is 8. The molecule has 2 rings (SSSR count). The zero-order valence-corrected chi connectivity index (χ0v) is 13.7. The standard InChI is InChI=1S/C19H29NO2/c1-16(21)9-8-12-18(20-13-6-3-7-14-20)15-19(22)17-10-4-2-5-11-17/h2,4-5,10-11,16,18,21H,3,6-9,12-15H2,1H3. The molecular weight excluding hydrogens is 274 g/mol. The van der Waals surface area contributed by atoms with E-state index in [4.69, 9.17) is 0 Å². The lowest BCUT2D eigenvalue weighted by Gasteiger charge is -2.34. The van der Waals surface area contributed by atoms with Crippen LogP contribution in [0, 0.1) is 0 Å². The monoisotopic (exact) mass is 303 g/mol. The van der Waals surface area contributed by atoms with Crippen molar-refractivity contribution in [2.45, 2.75) is 64.0 Å². The van der Waals surface area contributed by atoms with Gasteiger partial charge in [-0.1, -0.05) is 36.8 Å². The SMILES string of the molecule is CC(O)CCCC(CC(=O)c1ccccc1)N1CCCCC1. The van der Waals surface area contributed by atoms with Crippen molar-refractivity contribution in [3.63, 3.8) is 0 Å². The summed E-state index contributed by atoms with van der Waals surface area (Å²) in [7, 11) is 0. The van der Waals surface area contributed by atoms with E-state index in [2.05, 4.69) is 4.90 Å². The van der Waals surface area contributed by atoms with Gasteiger partial charge in [-0.15, -0.1) is 0 Å². The quantitative estimate of drug-likeness (QED) is 0.745. The molecule has 1 saturated heterocycles. The largest absolute Gasteiger partial charge is 0.393 e. The summed E-state index contributed by atoms with van der Waals surface area (Å²) < 4.78 is 0. The first-order valence-corrected chi connectivity index (χ1v) is 8.67. The van der Waals surface area contributed by atoms with Crippen LogP contribution in [0.1, 0.15) is 62.2 Å². The second-order valence-electron chi connectivity index (χ2n) is 6.52. The first kappa shape index (κ1) is 17.2. The van der Waals surface area contributed by atoms with Crippen molar-refractivity contribution in [3.8, 4) is 0 Å². The summed E-state index contributed by atoms with van der Waals surface area (Å²) in [6.45, 7) is 4.06. The highest BCUT2D eigenvalue weighted by Gasteiger charge is 2.23. The normalized spacial score (nSPS) is 18.8. The molecule has 2 unspecified atom stereocenters. The van der Waals surface area contributed by atoms with E-state index in [0.717, 1.165) is 37.9 Å². The summed E-state index contributed by atoms with van der Waals surface area (Å²) in [5, 5.41) is 9.45. The van der Waals surface area contributed by atoms with Gasteiger partial charge in [-0.3, -0.25) is 9.69 Å². The number of nitrogens with zero attached hydrogens (tertiary/aromatic N) is 1. The first-order valence-electron chi connectivity index (χ1n) is 8.67. The Morgan fingerprint density at radius 1 is 1.14 bits per heavy atom. The van der Waals surface area contributed by atoms with Gasteiger partial charge in [-0.25, -0.2) is 0 Å². The van der Waals surface area contributed by atoms with Crippen LogP contribution in [-0.2, 0) is 0 Å². The van der Waals surface area contributed by atoms with E-state index < -0.39 is 0 Å². The van der Waals surface area contributed by atoms with Crippen LogP contribution >= 0.6 is 0 Å². The lowest BCUT2D eigenvalue weighted by Crippen LogP contribution is -2.40. The van der Waals surface area contributed by atoms with Gasteiger partial charge in [0.25, 0.3) is 0 Å². The van der Waals surface area contributed by atoms with Crippen molar-refractivity contribution in [1.82, 2.24) is 4.90 Å².